The molecular formula is C103H110BrCl3F3K2N25O10. The van der Waals surface area contributed by atoms with Gasteiger partial charge in [-0.2, -0.15) is 44.2 Å². The predicted molar refractivity (Wildman–Crippen MR) is 564 cm³/mol. The molecule has 7 N–H and O–H groups in total. The van der Waals surface area contributed by atoms with E-state index in [1.165, 1.54) is 48.3 Å². The molecule has 0 bridgehead atoms. The Morgan fingerprint density at radius 2 is 0.932 bits per heavy atom. The number of fused-ring (bicyclic) bond motifs is 8. The van der Waals surface area contributed by atoms with Crippen molar-refractivity contribution >= 4 is 188 Å². The van der Waals surface area contributed by atoms with E-state index in [9.17, 15) is 32.3 Å². The summed E-state index contributed by atoms with van der Waals surface area (Å²) in [6, 6.07) is 61.8. The van der Waals surface area contributed by atoms with Crippen LogP contribution in [0.2, 0.25) is 15.5 Å². The molecule has 44 heteroatoms. The molecular weight excluding hydrogens is 2070 g/mol. The molecule has 0 spiro atoms. The number of aromatic nitrogens is 15. The molecule has 3 aliphatic heterocycles. The molecule has 17 aromatic rings. The first-order valence-electron chi connectivity index (χ1n) is 46.2. The summed E-state index contributed by atoms with van der Waals surface area (Å²) in [5.41, 5.74) is 22.2. The SMILES string of the molecule is CCOc1ccc2c(n1)N(c1ccc(OC(F)F)cc1)C(=O)N(c1ccc3nn(C)cc3c1)C2.CCOc1ccc2c(n1)NC(=O)N(c1ccc3nn(C)cc3c1)C2.CN[C@@H]1CCCC[C@H]1NC.Cc1ccc(Br)cc1.Cc1nc(Cl)ccc1C=O.Cc1nc(Cl)ccc1CNc1ccc2nn(C)cc2c1.Cn1cc2cc(N)ccc2n1.Cn1cc2cc(N3Cc4ccc(Cl)nc4NC3=O)ccc2n1.O=CO[O-].[2H]CF.[H-].[K+].[K+]. The van der Waals surface area contributed by atoms with Crippen LogP contribution < -0.4 is 174 Å². The summed E-state index contributed by atoms with van der Waals surface area (Å²) in [4.78, 5) is 87.7. The van der Waals surface area contributed by atoms with Crippen molar-refractivity contribution in [3.8, 4) is 17.5 Å². The van der Waals surface area contributed by atoms with E-state index in [0.717, 1.165) is 123 Å². The van der Waals surface area contributed by atoms with E-state index in [0.29, 0.717) is 112 Å². The topological polar surface area (TPSA) is 398 Å². The molecule has 21 rings (SSSR count). The van der Waals surface area contributed by atoms with Gasteiger partial charge in [0.1, 0.15) is 38.7 Å². The van der Waals surface area contributed by atoms with Crippen LogP contribution in [-0.2, 0) is 71.1 Å². The number of nitrogens with two attached hydrogens (primary N) is 1. The summed E-state index contributed by atoms with van der Waals surface area (Å²) < 4.78 is 66.0. The largest absolute Gasteiger partial charge is 1.00 e. The first kappa shape index (κ1) is 115. The maximum atomic E-state index is 13.8. The van der Waals surface area contributed by atoms with Gasteiger partial charge in [0.2, 0.25) is 11.8 Å². The number of nitrogens with one attached hydrogen (secondary N) is 5. The number of alkyl halides is 3. The van der Waals surface area contributed by atoms with Gasteiger partial charge in [0, 0.05) is 190 Å². The second-order valence-electron chi connectivity index (χ2n) is 33.0. The molecule has 0 radical (unpaired) electrons. The van der Waals surface area contributed by atoms with Crippen molar-refractivity contribution in [1.82, 2.24) is 84.5 Å². The van der Waals surface area contributed by atoms with E-state index in [4.69, 9.17) is 61.4 Å². The number of ether oxygens (including phenoxy) is 3. The Hall–Kier alpha value is -12.1. The third kappa shape index (κ3) is 32.7. The van der Waals surface area contributed by atoms with Gasteiger partial charge < -0.3 is 47.5 Å². The van der Waals surface area contributed by atoms with Gasteiger partial charge in [-0.25, -0.2) is 34.2 Å². The number of aryl methyl sites for hydroxylation is 8. The number of nitrogen functional groups attached to an aromatic ring is 1. The van der Waals surface area contributed by atoms with E-state index >= 15 is 0 Å². The molecule has 0 unspecified atom stereocenters. The van der Waals surface area contributed by atoms with E-state index in [2.05, 4.69) is 142 Å². The molecule has 1 aliphatic carbocycles. The van der Waals surface area contributed by atoms with Gasteiger partial charge in [-0.15, -0.1) is 0 Å². The van der Waals surface area contributed by atoms with Crippen LogP contribution in [0.3, 0.4) is 0 Å². The molecule has 0 saturated heterocycles. The number of pyridine rings is 5. The summed E-state index contributed by atoms with van der Waals surface area (Å²) in [6.07, 6.45) is 15.9. The van der Waals surface area contributed by atoms with E-state index in [1.807, 2.05) is 225 Å². The third-order valence-corrected chi connectivity index (χ3v) is 23.9. The molecule has 1 saturated carbocycles. The number of amides is 6. The van der Waals surface area contributed by atoms with Crippen molar-refractivity contribution in [1.29, 1.82) is 0 Å². The Morgan fingerprint density at radius 1 is 0.524 bits per heavy atom. The van der Waals surface area contributed by atoms with Crippen molar-refractivity contribution in [2.24, 2.45) is 35.2 Å². The number of hydrogen-bond donors (Lipinski definition) is 6. The molecule has 6 amide bonds. The zero-order chi connectivity index (χ0) is 105. The number of hydrogen-bond acceptors (Lipinski definition) is 24. The van der Waals surface area contributed by atoms with Gasteiger partial charge in [-0.05, 0) is 231 Å². The molecule has 1 fully saturated rings. The number of rotatable bonds is 17. The van der Waals surface area contributed by atoms with Gasteiger partial charge in [-0.3, -0.25) is 62.7 Å². The number of anilines is 9. The fourth-order valence-electron chi connectivity index (χ4n) is 15.8. The number of nitrogens with zero attached hydrogens (tertiary/aromatic N) is 19. The van der Waals surface area contributed by atoms with Crippen LogP contribution in [0.15, 0.2) is 236 Å². The molecule has 2 atom stereocenters. The Morgan fingerprint density at radius 3 is 1.39 bits per heavy atom. The van der Waals surface area contributed by atoms with E-state index in [-0.39, 0.29) is 135 Å². The Bertz CT molecular complexity index is 7320. The number of aldehydes is 1. The Kier molecular flexibility index (Phi) is 44.6. The quantitative estimate of drug-likeness (QED) is 0.0123. The average Bonchev–Trinajstić information content (AvgIpc) is 1.65. The maximum Gasteiger partial charge on any atom is 1.00 e. The number of carbonyl (C=O) groups excluding carboxylic acids is 5. The third-order valence-electron chi connectivity index (χ3n) is 22.7. The van der Waals surface area contributed by atoms with Crippen LogP contribution >= 0.6 is 50.7 Å². The molecule has 35 nitrogen and oxygen atoms in total. The maximum absolute atomic E-state index is 13.8. The van der Waals surface area contributed by atoms with Crippen LogP contribution in [0.25, 0.3) is 54.5 Å². The number of benzene rings is 7. The van der Waals surface area contributed by atoms with Crippen LogP contribution in [0.4, 0.5) is 79.1 Å². The number of urea groups is 3. The summed E-state index contributed by atoms with van der Waals surface area (Å²) in [5.74, 6) is 2.42. The van der Waals surface area contributed by atoms with Gasteiger partial charge in [0.15, 0.2) is 6.29 Å². The number of likely N-dealkylation sites (N-methyl/N-ethyl adjacent to an activating group) is 2. The monoisotopic (exact) mass is 2180 g/mol. The smallest absolute Gasteiger partial charge is 1.00 e. The number of halogens is 7. The van der Waals surface area contributed by atoms with Crippen molar-refractivity contribution in [2.45, 2.75) is 105 Å². The standard InChI is InChI=1S/C24H21F2N5O3.C17H17N5O2.C15H12ClN5O.C15H15ClN4.C8H9N3.C8H18N2.C7H7Br.C7H6ClNO.CH3F.CH2O3.2K.H/c1-3-33-21-11-4-15-14-30(18-7-10-20-16(12-18)13-29(2)28-20)24(32)31(22(15)27-21)17-5-8-19(9-6-17)34-23(25)26;1-3-24-15-7-4-11-10-22(17(23)19-16(11)18-15)13-5-6-14-12(8-13)9-21(2)20-14;1-20-7-10-6-11(3-4-12(10)19-20)21-8-9-2-5-13(16)17-14(9)18-15(21)22;1-10-11(3-6-15(16)18-10)8-17-13-4-5-14-12(7-13)9-20(2)19-14;1-11-5-6-4-7(9)2-3-8(6)10-11;1-9-7-5-3-4-6-8(7)10-2;1-6-2-4-7(8)5-3-6;1-5-6(4-10)2-3-7(8)9-5;1-2;2-1-4-3;;;/h4-13,23H,3,14H2,1-2H3;4-9H,3,10H2,1-2H3,(H,18,19,23);2-7H,8H2,1H3,(H,17,18,22);3-7,9,17H,8H2,1-2H3;2-5H,9H2,1H3;7-10H,3-6H2,1-2H3;2-5H,1H3;2-4H,1H3;1H3;1,3H;;;/q;;;;;;;;;;2*+1;-1/p-1/t;;;;;7-,8-;;;;;;;/m.....1......./s1/i;;;;;;;;1D;;;;. The summed E-state index contributed by atoms with van der Waals surface area (Å²) in [5, 5.41) is 52.2. The minimum atomic E-state index is -2.93. The van der Waals surface area contributed by atoms with E-state index < -0.39 is 13.8 Å². The summed E-state index contributed by atoms with van der Waals surface area (Å²) >= 11 is 20.6. The predicted octanol–water partition coefficient (Wildman–Crippen LogP) is 14.5. The second kappa shape index (κ2) is 56.9. The van der Waals surface area contributed by atoms with Crippen molar-refractivity contribution in [3.63, 3.8) is 0 Å². The fraction of sp³-hybridized carbons (Fsp3) is 0.252. The van der Waals surface area contributed by atoms with Crippen molar-refractivity contribution < 1.29 is 167 Å². The van der Waals surface area contributed by atoms with Crippen molar-refractivity contribution in [3.05, 3.63) is 296 Å². The van der Waals surface area contributed by atoms with Gasteiger partial charge >= 0.3 is 127 Å². The minimum Gasteiger partial charge on any atom is -1.00 e. The molecule has 7 aromatic carbocycles. The molecule has 147 heavy (non-hydrogen) atoms. The first-order chi connectivity index (χ1) is 70.3. The summed E-state index contributed by atoms with van der Waals surface area (Å²) in [7, 11) is 12.5. The summed E-state index contributed by atoms with van der Waals surface area (Å²) in [6.45, 7) is 9.34. The Balaban J connectivity index is 0.000000194. The average molecular weight is 2180 g/mol. The van der Waals surface area contributed by atoms with Crippen LogP contribution in [0.5, 0.6) is 17.5 Å². The van der Waals surface area contributed by atoms with Crippen LogP contribution in [0.1, 0.15) is 91.9 Å². The van der Waals surface area contributed by atoms with Gasteiger partial charge in [0.05, 0.1) is 74.6 Å². The zero-order valence-electron chi connectivity index (χ0n) is 85.4. The molecule has 13 heterocycles. The van der Waals surface area contributed by atoms with E-state index in [1.54, 1.807) is 76.7 Å². The van der Waals surface area contributed by atoms with Gasteiger partial charge in [0.25, 0.3) is 6.47 Å². The van der Waals surface area contributed by atoms with Crippen LogP contribution in [0, 0.1) is 20.8 Å². The zero-order valence-corrected chi connectivity index (χ0v) is 93.5. The first-order valence-corrected chi connectivity index (χ1v) is 47.5. The fourth-order valence-corrected chi connectivity index (χ4v) is 16.6. The van der Waals surface area contributed by atoms with Crippen LogP contribution in [-0.4, -0.2) is 158 Å². The number of carbonyl (C=O) groups is 5. The van der Waals surface area contributed by atoms with Crippen molar-refractivity contribution in [2.75, 3.05) is 75.7 Å². The molecule has 10 aromatic heterocycles. The normalized spacial score (nSPS) is 13.5. The molecule has 758 valence electrons. The van der Waals surface area contributed by atoms with Gasteiger partial charge in [-0.1, -0.05) is 93.4 Å². The minimum absolute atomic E-state index is 0. The molecule has 4 aliphatic rings. The second-order valence-corrected chi connectivity index (χ2v) is 35.0. The Labute approximate surface area is 958 Å².